The Labute approximate surface area is 105 Å². The maximum atomic E-state index is 13.6. The molecule has 2 aliphatic rings. The Balaban J connectivity index is 1.67. The lowest BCUT2D eigenvalue weighted by Gasteiger charge is -2.18. The Morgan fingerprint density at radius 2 is 2.00 bits per heavy atom. The number of furan rings is 1. The molecule has 2 aromatic rings. The van der Waals surface area contributed by atoms with Gasteiger partial charge in [-0.2, -0.15) is 0 Å². The summed E-state index contributed by atoms with van der Waals surface area (Å²) in [6.07, 6.45) is 3.81. The number of fused-ring (bicyclic) bond motifs is 2. The van der Waals surface area contributed by atoms with Crippen LogP contribution < -0.4 is 5.73 Å². The van der Waals surface area contributed by atoms with E-state index < -0.39 is 0 Å². The summed E-state index contributed by atoms with van der Waals surface area (Å²) in [6, 6.07) is 6.81. The molecular formula is C15H16FNO. The Hall–Kier alpha value is -1.35. The summed E-state index contributed by atoms with van der Waals surface area (Å²) >= 11 is 0. The zero-order valence-electron chi connectivity index (χ0n) is 10.1. The van der Waals surface area contributed by atoms with Gasteiger partial charge in [0, 0.05) is 5.39 Å². The fourth-order valence-electron chi connectivity index (χ4n) is 3.50. The van der Waals surface area contributed by atoms with Crippen LogP contribution in [0.4, 0.5) is 4.39 Å². The predicted octanol–water partition coefficient (Wildman–Crippen LogP) is 3.62. The van der Waals surface area contributed by atoms with Crippen molar-refractivity contribution in [2.75, 3.05) is 0 Å². The molecule has 2 saturated carbocycles. The van der Waals surface area contributed by atoms with Crippen LogP contribution in [0.1, 0.15) is 31.1 Å². The molecule has 4 rings (SSSR count). The Morgan fingerprint density at radius 1 is 1.22 bits per heavy atom. The van der Waals surface area contributed by atoms with Crippen LogP contribution in [-0.2, 0) is 0 Å². The van der Waals surface area contributed by atoms with Crippen LogP contribution in [0.25, 0.3) is 11.0 Å². The summed E-state index contributed by atoms with van der Waals surface area (Å²) in [5.41, 5.74) is 6.62. The number of nitrogens with two attached hydrogens (primary N) is 1. The molecular weight excluding hydrogens is 229 g/mol. The van der Waals surface area contributed by atoms with Crippen molar-refractivity contribution >= 4 is 11.0 Å². The quantitative estimate of drug-likeness (QED) is 0.877. The van der Waals surface area contributed by atoms with E-state index in [9.17, 15) is 4.39 Å². The minimum absolute atomic E-state index is 0.0791. The smallest absolute Gasteiger partial charge is 0.169 e. The fraction of sp³-hybridized carbons (Fsp3) is 0.467. The third-order valence-corrected chi connectivity index (χ3v) is 4.63. The van der Waals surface area contributed by atoms with E-state index in [1.807, 2.05) is 12.1 Å². The van der Waals surface area contributed by atoms with Crippen LogP contribution in [-0.4, -0.2) is 0 Å². The maximum absolute atomic E-state index is 13.6. The summed E-state index contributed by atoms with van der Waals surface area (Å²) in [6.45, 7) is 0. The molecule has 1 aromatic carbocycles. The summed E-state index contributed by atoms with van der Waals surface area (Å²) in [7, 11) is 0. The average molecular weight is 245 g/mol. The van der Waals surface area contributed by atoms with E-state index in [0.29, 0.717) is 11.5 Å². The van der Waals surface area contributed by atoms with Crippen LogP contribution in [0.15, 0.2) is 28.7 Å². The van der Waals surface area contributed by atoms with Gasteiger partial charge < -0.3 is 10.2 Å². The van der Waals surface area contributed by atoms with Crippen molar-refractivity contribution in [3.05, 3.63) is 35.8 Å². The second kappa shape index (κ2) is 3.58. The van der Waals surface area contributed by atoms with Gasteiger partial charge in [-0.3, -0.25) is 0 Å². The number of hydrogen-bond acceptors (Lipinski definition) is 2. The second-order valence-corrected chi connectivity index (χ2v) is 5.82. The Morgan fingerprint density at radius 3 is 2.72 bits per heavy atom. The van der Waals surface area contributed by atoms with Gasteiger partial charge in [0.05, 0.1) is 6.04 Å². The highest BCUT2D eigenvalue weighted by molar-refractivity contribution is 5.78. The molecule has 2 aliphatic carbocycles. The molecule has 2 nitrogen and oxygen atoms in total. The normalized spacial score (nSPS) is 31.6. The van der Waals surface area contributed by atoms with Crippen LogP contribution in [0.3, 0.4) is 0 Å². The third-order valence-electron chi connectivity index (χ3n) is 4.63. The van der Waals surface area contributed by atoms with E-state index in [1.165, 1.54) is 25.3 Å². The third kappa shape index (κ3) is 1.50. The molecule has 0 aliphatic heterocycles. The van der Waals surface area contributed by atoms with Crippen LogP contribution in [0.5, 0.6) is 0 Å². The molecule has 0 spiro atoms. The van der Waals surface area contributed by atoms with E-state index in [0.717, 1.165) is 23.0 Å². The minimum atomic E-state index is -0.305. The van der Waals surface area contributed by atoms with Crippen LogP contribution >= 0.6 is 0 Å². The van der Waals surface area contributed by atoms with Gasteiger partial charge in [0.25, 0.3) is 0 Å². The van der Waals surface area contributed by atoms with E-state index in [1.54, 1.807) is 6.07 Å². The largest absolute Gasteiger partial charge is 0.456 e. The van der Waals surface area contributed by atoms with Gasteiger partial charge in [0.2, 0.25) is 0 Å². The summed E-state index contributed by atoms with van der Waals surface area (Å²) in [5, 5.41) is 0.809. The lowest BCUT2D eigenvalue weighted by Crippen LogP contribution is -2.19. The standard InChI is InChI=1S/C15H16FNO/c16-12-3-1-2-8-7-13(18-15(8)12)14(17)11-5-9-4-10(9)6-11/h1-3,7,9-11,14H,4-6,17H2. The highest BCUT2D eigenvalue weighted by atomic mass is 19.1. The summed E-state index contributed by atoms with van der Waals surface area (Å²) in [4.78, 5) is 0. The van der Waals surface area contributed by atoms with Gasteiger partial charge in [-0.05, 0) is 49.1 Å². The molecule has 1 aromatic heterocycles. The molecule has 3 heteroatoms. The number of rotatable bonds is 2. The van der Waals surface area contributed by atoms with Gasteiger partial charge in [0.15, 0.2) is 11.4 Å². The average Bonchev–Trinajstić information content (AvgIpc) is 2.80. The first-order chi connectivity index (χ1) is 8.72. The highest BCUT2D eigenvalue weighted by Gasteiger charge is 2.47. The van der Waals surface area contributed by atoms with Crippen molar-refractivity contribution in [3.63, 3.8) is 0 Å². The lowest BCUT2D eigenvalue weighted by molar-refractivity contribution is 0.353. The van der Waals surface area contributed by atoms with E-state index in [4.69, 9.17) is 10.2 Å². The highest BCUT2D eigenvalue weighted by Crippen LogP contribution is 2.56. The predicted molar refractivity (Wildman–Crippen MR) is 67.4 cm³/mol. The van der Waals surface area contributed by atoms with Gasteiger partial charge in [0.1, 0.15) is 5.76 Å². The van der Waals surface area contributed by atoms with Crippen molar-refractivity contribution in [3.8, 4) is 0 Å². The molecule has 0 amide bonds. The SMILES string of the molecule is NC(c1cc2cccc(F)c2o1)C1CC2CC2C1. The van der Waals surface area contributed by atoms with Crippen LogP contribution in [0.2, 0.25) is 0 Å². The Kier molecular flexibility index (Phi) is 2.10. The molecule has 1 heterocycles. The number of benzene rings is 1. The number of para-hydroxylation sites is 1. The van der Waals surface area contributed by atoms with Gasteiger partial charge >= 0.3 is 0 Å². The van der Waals surface area contributed by atoms with Crippen molar-refractivity contribution in [2.24, 2.45) is 23.5 Å². The molecule has 0 bridgehead atoms. The monoisotopic (exact) mass is 245 g/mol. The van der Waals surface area contributed by atoms with Crippen molar-refractivity contribution in [1.82, 2.24) is 0 Å². The maximum Gasteiger partial charge on any atom is 0.169 e. The van der Waals surface area contributed by atoms with E-state index >= 15 is 0 Å². The first-order valence-electron chi connectivity index (χ1n) is 6.66. The number of halogens is 1. The first-order valence-corrected chi connectivity index (χ1v) is 6.66. The molecule has 94 valence electrons. The molecule has 2 N–H and O–H groups in total. The van der Waals surface area contributed by atoms with Gasteiger partial charge in [-0.1, -0.05) is 12.1 Å². The fourth-order valence-corrected chi connectivity index (χ4v) is 3.50. The summed E-state index contributed by atoms with van der Waals surface area (Å²) in [5.74, 6) is 2.75. The molecule has 3 atom stereocenters. The topological polar surface area (TPSA) is 39.2 Å². The first kappa shape index (κ1) is 10.6. The molecule has 0 radical (unpaired) electrons. The van der Waals surface area contributed by atoms with Gasteiger partial charge in [-0.15, -0.1) is 0 Å². The zero-order chi connectivity index (χ0) is 12.3. The Bertz CT molecular complexity index is 596. The second-order valence-electron chi connectivity index (χ2n) is 5.82. The van der Waals surface area contributed by atoms with Crippen LogP contribution in [0, 0.1) is 23.6 Å². The summed E-state index contributed by atoms with van der Waals surface area (Å²) < 4.78 is 19.2. The van der Waals surface area contributed by atoms with Crippen molar-refractivity contribution in [2.45, 2.75) is 25.3 Å². The number of hydrogen-bond donors (Lipinski definition) is 1. The van der Waals surface area contributed by atoms with E-state index in [-0.39, 0.29) is 11.9 Å². The van der Waals surface area contributed by atoms with Crippen molar-refractivity contribution < 1.29 is 8.81 Å². The van der Waals surface area contributed by atoms with Crippen molar-refractivity contribution in [1.29, 1.82) is 0 Å². The molecule has 18 heavy (non-hydrogen) atoms. The molecule has 0 saturated heterocycles. The van der Waals surface area contributed by atoms with Gasteiger partial charge in [-0.25, -0.2) is 4.39 Å². The lowest BCUT2D eigenvalue weighted by atomic mass is 9.93. The van der Waals surface area contributed by atoms with E-state index in [2.05, 4.69) is 0 Å². The molecule has 3 unspecified atom stereocenters. The zero-order valence-corrected chi connectivity index (χ0v) is 10.1. The molecule has 2 fully saturated rings. The minimum Gasteiger partial charge on any atom is -0.456 e.